The number of hydrogen-bond acceptors (Lipinski definition) is 4. The largest absolute Gasteiger partial charge is 0.481 e. The molecule has 0 spiro atoms. The summed E-state index contributed by atoms with van der Waals surface area (Å²) in [6, 6.07) is 14.0. The molecule has 2 aromatic carbocycles. The van der Waals surface area contributed by atoms with Crippen molar-refractivity contribution in [3.8, 4) is 5.69 Å². The minimum atomic E-state index is -1.17. The molecule has 7 nitrogen and oxygen atoms in total. The minimum Gasteiger partial charge on any atom is -0.481 e. The lowest BCUT2D eigenvalue weighted by atomic mass is 9.95. The second-order valence-corrected chi connectivity index (χ2v) is 7.42. The molecule has 1 aromatic heterocycles. The average Bonchev–Trinajstić information content (AvgIpc) is 3.10. The van der Waals surface area contributed by atoms with Crippen molar-refractivity contribution in [3.63, 3.8) is 0 Å². The Labute approximate surface area is 173 Å². The number of aryl methyl sites for hydroxylation is 2. The maximum absolute atomic E-state index is 13.4. The number of Topliss-reactive ketones (excluding diaryl/α,β-unsaturated/α-hetero) is 1. The molecule has 0 aliphatic carbocycles. The SMILES string of the molecule is Cc1ccn(-c2ccc(C(=O)N3CCC(C(=O)O)C(=O)c4ccccc43)c(C)c2)n1. The van der Waals surface area contributed by atoms with Crippen molar-refractivity contribution in [2.75, 3.05) is 11.4 Å². The number of para-hydroxylation sites is 1. The number of carboxylic acid groups (broad SMARTS) is 1. The van der Waals surface area contributed by atoms with E-state index < -0.39 is 17.7 Å². The summed E-state index contributed by atoms with van der Waals surface area (Å²) in [4.78, 5) is 39.2. The van der Waals surface area contributed by atoms with E-state index in [9.17, 15) is 19.5 Å². The number of rotatable bonds is 3. The van der Waals surface area contributed by atoms with Crippen LogP contribution in [-0.4, -0.2) is 39.1 Å². The molecule has 30 heavy (non-hydrogen) atoms. The quantitative estimate of drug-likeness (QED) is 0.677. The van der Waals surface area contributed by atoms with E-state index in [0.29, 0.717) is 11.3 Å². The summed E-state index contributed by atoms with van der Waals surface area (Å²) in [6.45, 7) is 3.91. The number of aliphatic carboxylic acids is 1. The second kappa shape index (κ2) is 7.59. The third kappa shape index (κ3) is 3.39. The molecule has 0 bridgehead atoms. The maximum atomic E-state index is 13.4. The fourth-order valence-corrected chi connectivity index (χ4v) is 3.80. The van der Waals surface area contributed by atoms with Crippen LogP contribution in [0.2, 0.25) is 0 Å². The minimum absolute atomic E-state index is 0.0677. The van der Waals surface area contributed by atoms with E-state index in [-0.39, 0.29) is 24.4 Å². The first-order valence-electron chi connectivity index (χ1n) is 9.68. The van der Waals surface area contributed by atoms with Gasteiger partial charge < -0.3 is 10.0 Å². The van der Waals surface area contributed by atoms with Gasteiger partial charge in [0.2, 0.25) is 0 Å². The Morgan fingerprint density at radius 3 is 2.53 bits per heavy atom. The smallest absolute Gasteiger partial charge is 0.314 e. The van der Waals surface area contributed by atoms with Gasteiger partial charge in [-0.3, -0.25) is 14.4 Å². The highest BCUT2D eigenvalue weighted by Gasteiger charge is 2.35. The average molecular weight is 403 g/mol. The highest BCUT2D eigenvalue weighted by atomic mass is 16.4. The number of carboxylic acids is 1. The van der Waals surface area contributed by atoms with Crippen LogP contribution in [0.25, 0.3) is 5.69 Å². The molecular weight excluding hydrogens is 382 g/mol. The normalized spacial score (nSPS) is 16.1. The first-order valence-corrected chi connectivity index (χ1v) is 9.68. The van der Waals surface area contributed by atoms with E-state index in [0.717, 1.165) is 16.9 Å². The molecule has 0 radical (unpaired) electrons. The van der Waals surface area contributed by atoms with Crippen molar-refractivity contribution in [1.29, 1.82) is 0 Å². The van der Waals surface area contributed by atoms with Crippen LogP contribution in [0.3, 0.4) is 0 Å². The standard InChI is InChI=1S/C23H21N3O4/c1-14-13-16(26-12-9-15(2)24-26)7-8-17(14)22(28)25-11-10-19(23(29)30)21(27)18-5-3-4-6-20(18)25/h3-9,12-13,19H,10-11H2,1-2H3,(H,29,30). The zero-order chi connectivity index (χ0) is 21.4. The van der Waals surface area contributed by atoms with Gasteiger partial charge in [-0.15, -0.1) is 0 Å². The monoisotopic (exact) mass is 403 g/mol. The number of benzene rings is 2. The Bertz CT molecular complexity index is 1160. The van der Waals surface area contributed by atoms with Gasteiger partial charge in [-0.1, -0.05) is 12.1 Å². The van der Waals surface area contributed by atoms with Crippen LogP contribution in [0.4, 0.5) is 5.69 Å². The van der Waals surface area contributed by atoms with Crippen molar-refractivity contribution in [1.82, 2.24) is 9.78 Å². The number of hydrogen-bond donors (Lipinski definition) is 1. The summed E-state index contributed by atoms with van der Waals surface area (Å²) in [6.07, 6.45) is 1.92. The van der Waals surface area contributed by atoms with Gasteiger partial charge >= 0.3 is 5.97 Å². The van der Waals surface area contributed by atoms with Crippen LogP contribution in [0, 0.1) is 19.8 Å². The van der Waals surface area contributed by atoms with Crippen molar-refractivity contribution in [3.05, 3.63) is 77.1 Å². The van der Waals surface area contributed by atoms with Gasteiger partial charge in [0.15, 0.2) is 5.78 Å². The molecule has 1 unspecified atom stereocenters. The number of fused-ring (bicyclic) bond motifs is 1. The van der Waals surface area contributed by atoms with Gasteiger partial charge in [0.1, 0.15) is 5.92 Å². The number of anilines is 1. The van der Waals surface area contributed by atoms with Gasteiger partial charge in [0.25, 0.3) is 5.91 Å². The van der Waals surface area contributed by atoms with E-state index in [4.69, 9.17) is 0 Å². The zero-order valence-electron chi connectivity index (χ0n) is 16.7. The molecule has 1 aliphatic heterocycles. The summed E-state index contributed by atoms with van der Waals surface area (Å²) >= 11 is 0. The lowest BCUT2D eigenvalue weighted by molar-refractivity contribution is -0.140. The van der Waals surface area contributed by atoms with Crippen molar-refractivity contribution >= 4 is 23.3 Å². The maximum Gasteiger partial charge on any atom is 0.314 e. The number of carbonyl (C=O) groups excluding carboxylic acids is 2. The molecule has 152 valence electrons. The van der Waals surface area contributed by atoms with Crippen LogP contribution in [0.15, 0.2) is 54.7 Å². The Morgan fingerprint density at radius 1 is 1.10 bits per heavy atom. The summed E-state index contributed by atoms with van der Waals surface area (Å²) in [5, 5.41) is 13.8. The second-order valence-electron chi connectivity index (χ2n) is 7.42. The van der Waals surface area contributed by atoms with E-state index in [1.807, 2.05) is 38.2 Å². The predicted octanol–water partition coefficient (Wildman–Crippen LogP) is 3.42. The van der Waals surface area contributed by atoms with Gasteiger partial charge in [-0.25, -0.2) is 4.68 Å². The molecule has 0 saturated carbocycles. The van der Waals surface area contributed by atoms with E-state index >= 15 is 0 Å². The Kier molecular flexibility index (Phi) is 4.95. The van der Waals surface area contributed by atoms with Crippen molar-refractivity contribution in [2.45, 2.75) is 20.3 Å². The number of nitrogens with zero attached hydrogens (tertiary/aromatic N) is 3. The third-order valence-electron chi connectivity index (χ3n) is 5.39. The van der Waals surface area contributed by atoms with E-state index in [1.54, 1.807) is 35.0 Å². The molecule has 2 heterocycles. The summed E-state index contributed by atoms with van der Waals surface area (Å²) < 4.78 is 1.74. The first-order chi connectivity index (χ1) is 14.4. The van der Waals surface area contributed by atoms with Crippen LogP contribution >= 0.6 is 0 Å². The van der Waals surface area contributed by atoms with Crippen LogP contribution in [0.5, 0.6) is 0 Å². The number of amides is 1. The zero-order valence-corrected chi connectivity index (χ0v) is 16.7. The third-order valence-corrected chi connectivity index (χ3v) is 5.39. The van der Waals surface area contributed by atoms with Crippen molar-refractivity contribution in [2.24, 2.45) is 5.92 Å². The van der Waals surface area contributed by atoms with Gasteiger partial charge in [0.05, 0.1) is 17.1 Å². The molecular formula is C23H21N3O4. The number of aromatic nitrogens is 2. The summed E-state index contributed by atoms with van der Waals surface area (Å²) in [5.74, 6) is -3.05. The topological polar surface area (TPSA) is 92.5 Å². The van der Waals surface area contributed by atoms with E-state index in [1.165, 1.54) is 4.90 Å². The van der Waals surface area contributed by atoms with Gasteiger partial charge in [-0.05, 0) is 62.2 Å². The lowest BCUT2D eigenvalue weighted by Gasteiger charge is -2.23. The molecule has 1 atom stereocenters. The summed E-state index contributed by atoms with van der Waals surface area (Å²) in [7, 11) is 0. The molecule has 0 saturated heterocycles. The van der Waals surface area contributed by atoms with Crippen LogP contribution in [0.1, 0.15) is 38.4 Å². The van der Waals surface area contributed by atoms with Crippen LogP contribution < -0.4 is 4.90 Å². The Balaban J connectivity index is 1.72. The van der Waals surface area contributed by atoms with Gasteiger partial charge in [0, 0.05) is 23.9 Å². The fraction of sp³-hybridized carbons (Fsp3) is 0.217. The molecule has 1 N–H and O–H groups in total. The molecule has 1 aliphatic rings. The van der Waals surface area contributed by atoms with Crippen LogP contribution in [-0.2, 0) is 4.79 Å². The fourth-order valence-electron chi connectivity index (χ4n) is 3.80. The van der Waals surface area contributed by atoms with Crippen molar-refractivity contribution < 1.29 is 19.5 Å². The molecule has 3 aromatic rings. The highest BCUT2D eigenvalue weighted by molar-refractivity contribution is 6.16. The first kappa shape index (κ1) is 19.6. The highest BCUT2D eigenvalue weighted by Crippen LogP contribution is 2.31. The molecule has 4 rings (SSSR count). The summed E-state index contributed by atoms with van der Waals surface area (Å²) in [5.41, 5.74) is 3.72. The predicted molar refractivity (Wildman–Crippen MR) is 111 cm³/mol. The van der Waals surface area contributed by atoms with E-state index in [2.05, 4.69) is 5.10 Å². The van der Waals surface area contributed by atoms with Gasteiger partial charge in [-0.2, -0.15) is 5.10 Å². The Hall–Kier alpha value is -3.74. The molecule has 7 heteroatoms. The molecule has 1 amide bonds. The number of carbonyl (C=O) groups is 3. The Morgan fingerprint density at radius 2 is 1.87 bits per heavy atom. The molecule has 0 fully saturated rings. The lowest BCUT2D eigenvalue weighted by Crippen LogP contribution is -2.33. The number of ketones is 1.